The predicted molar refractivity (Wildman–Crippen MR) is 136 cm³/mol. The summed E-state index contributed by atoms with van der Waals surface area (Å²) < 4.78 is 30.0. The molecule has 0 saturated heterocycles. The summed E-state index contributed by atoms with van der Waals surface area (Å²) in [7, 11) is 4.73. The number of rotatable bonds is 5. The summed E-state index contributed by atoms with van der Waals surface area (Å²) in [5, 5.41) is 2.75. The number of likely N-dealkylation sites (N-methyl/N-ethyl adjacent to an activating group) is 1. The first-order chi connectivity index (χ1) is 17.6. The minimum absolute atomic E-state index is 0.0635. The van der Waals surface area contributed by atoms with E-state index in [-0.39, 0.29) is 54.4 Å². The Morgan fingerprint density at radius 1 is 1.11 bits per heavy atom. The van der Waals surface area contributed by atoms with Crippen LogP contribution in [-0.4, -0.2) is 87.2 Å². The molecule has 9 nitrogen and oxygen atoms in total. The summed E-state index contributed by atoms with van der Waals surface area (Å²) in [6.07, 6.45) is -0.308. The van der Waals surface area contributed by atoms with Crippen LogP contribution in [0, 0.1) is 11.7 Å². The van der Waals surface area contributed by atoms with Crippen molar-refractivity contribution in [3.63, 3.8) is 0 Å². The Morgan fingerprint density at radius 3 is 2.46 bits per heavy atom. The number of ether oxygens (including phenoxy) is 3. The molecular formula is C27H34FN3O6. The van der Waals surface area contributed by atoms with E-state index in [4.69, 9.17) is 14.2 Å². The Labute approximate surface area is 216 Å². The SMILES string of the molecule is COCC(=O)N1C[C@@H](C)[C@@H](OC)CN(C)C(=O)c2ccc(NC(=O)c3ccc(F)cc3)cc2OC[C@H]1C. The van der Waals surface area contributed by atoms with Gasteiger partial charge in [0, 0.05) is 57.6 Å². The molecule has 10 heteroatoms. The average Bonchev–Trinajstić information content (AvgIpc) is 2.88. The largest absolute Gasteiger partial charge is 0.491 e. The van der Waals surface area contributed by atoms with Crippen LogP contribution in [-0.2, 0) is 14.3 Å². The lowest BCUT2D eigenvalue weighted by Crippen LogP contribution is -2.49. The highest BCUT2D eigenvalue weighted by Crippen LogP contribution is 2.27. The van der Waals surface area contributed by atoms with Gasteiger partial charge in [0.2, 0.25) is 5.91 Å². The van der Waals surface area contributed by atoms with E-state index in [9.17, 15) is 18.8 Å². The van der Waals surface area contributed by atoms with Gasteiger partial charge in [0.05, 0.1) is 17.7 Å². The summed E-state index contributed by atoms with van der Waals surface area (Å²) in [6.45, 7) is 4.58. The van der Waals surface area contributed by atoms with Gasteiger partial charge in [-0.1, -0.05) is 6.92 Å². The van der Waals surface area contributed by atoms with Crippen molar-refractivity contribution in [3.05, 3.63) is 59.4 Å². The number of hydrogen-bond donors (Lipinski definition) is 1. The molecule has 1 N–H and O–H groups in total. The maximum atomic E-state index is 13.3. The van der Waals surface area contributed by atoms with E-state index in [2.05, 4.69) is 5.32 Å². The zero-order chi connectivity index (χ0) is 27.1. The van der Waals surface area contributed by atoms with Crippen molar-refractivity contribution in [2.24, 2.45) is 5.92 Å². The van der Waals surface area contributed by atoms with Crippen LogP contribution in [0.4, 0.5) is 10.1 Å². The second kappa shape index (κ2) is 12.6. The lowest BCUT2D eigenvalue weighted by molar-refractivity contribution is -0.139. The summed E-state index contributed by atoms with van der Waals surface area (Å²) >= 11 is 0. The highest BCUT2D eigenvalue weighted by Gasteiger charge is 2.30. The zero-order valence-electron chi connectivity index (χ0n) is 21.8. The summed E-state index contributed by atoms with van der Waals surface area (Å²) in [5.41, 5.74) is 0.998. The molecule has 0 radical (unpaired) electrons. The molecule has 3 amide bonds. The fourth-order valence-corrected chi connectivity index (χ4v) is 4.21. The van der Waals surface area contributed by atoms with Gasteiger partial charge in [-0.25, -0.2) is 4.39 Å². The molecule has 0 spiro atoms. The van der Waals surface area contributed by atoms with Gasteiger partial charge in [0.1, 0.15) is 24.8 Å². The summed E-state index contributed by atoms with van der Waals surface area (Å²) in [4.78, 5) is 42.0. The number of fused-ring (bicyclic) bond motifs is 1. The molecule has 1 heterocycles. The molecule has 2 aromatic carbocycles. The van der Waals surface area contributed by atoms with Crippen LogP contribution in [0.15, 0.2) is 42.5 Å². The molecule has 0 bridgehead atoms. The van der Waals surface area contributed by atoms with Gasteiger partial charge in [-0.3, -0.25) is 14.4 Å². The molecule has 0 aromatic heterocycles. The third-order valence-corrected chi connectivity index (χ3v) is 6.40. The van der Waals surface area contributed by atoms with Crippen molar-refractivity contribution in [3.8, 4) is 5.75 Å². The van der Waals surface area contributed by atoms with Crippen molar-refractivity contribution in [2.45, 2.75) is 26.0 Å². The number of hydrogen-bond acceptors (Lipinski definition) is 6. The summed E-state index contributed by atoms with van der Waals surface area (Å²) in [6, 6.07) is 9.61. The molecular weight excluding hydrogens is 481 g/mol. The zero-order valence-corrected chi connectivity index (χ0v) is 21.8. The number of carbonyl (C=O) groups is 3. The predicted octanol–water partition coefficient (Wildman–Crippen LogP) is 3.06. The van der Waals surface area contributed by atoms with E-state index in [1.807, 2.05) is 13.8 Å². The number of benzene rings is 2. The van der Waals surface area contributed by atoms with Crippen molar-refractivity contribution in [1.29, 1.82) is 0 Å². The molecule has 0 saturated carbocycles. The Balaban J connectivity index is 1.93. The first-order valence-corrected chi connectivity index (χ1v) is 12.0. The van der Waals surface area contributed by atoms with Crippen LogP contribution in [0.1, 0.15) is 34.6 Å². The monoisotopic (exact) mass is 515 g/mol. The Bertz CT molecular complexity index is 1110. The smallest absolute Gasteiger partial charge is 0.257 e. The van der Waals surface area contributed by atoms with Crippen molar-refractivity contribution in [2.75, 3.05) is 52.9 Å². The molecule has 0 unspecified atom stereocenters. The minimum atomic E-state index is -0.440. The standard InChI is InChI=1S/C27H34FN3O6/c1-17-13-31(25(32)16-35-4)18(2)15-37-23-12-21(29-26(33)19-6-8-20(28)9-7-19)10-11-22(23)27(34)30(3)14-24(17)36-5/h6-12,17-18,24H,13-16H2,1-5H3,(H,29,33)/t17-,18-,24+/m1/s1. The van der Waals surface area contributed by atoms with E-state index in [1.165, 1.54) is 31.4 Å². The number of halogens is 1. The number of anilines is 1. The number of amides is 3. The highest BCUT2D eigenvalue weighted by atomic mass is 19.1. The van der Waals surface area contributed by atoms with Gasteiger partial charge in [-0.05, 0) is 43.3 Å². The van der Waals surface area contributed by atoms with Crippen LogP contribution < -0.4 is 10.1 Å². The van der Waals surface area contributed by atoms with Gasteiger partial charge in [-0.15, -0.1) is 0 Å². The Kier molecular flexibility index (Phi) is 9.60. The quantitative estimate of drug-likeness (QED) is 0.658. The third-order valence-electron chi connectivity index (χ3n) is 6.40. The third kappa shape index (κ3) is 7.05. The molecule has 3 rings (SSSR count). The van der Waals surface area contributed by atoms with Crippen molar-refractivity contribution in [1.82, 2.24) is 9.80 Å². The number of carbonyl (C=O) groups excluding carboxylic acids is 3. The van der Waals surface area contributed by atoms with E-state index in [1.54, 1.807) is 42.2 Å². The molecule has 1 aliphatic rings. The van der Waals surface area contributed by atoms with Crippen LogP contribution in [0.25, 0.3) is 0 Å². The number of nitrogens with one attached hydrogen (secondary N) is 1. The molecule has 0 aliphatic carbocycles. The van der Waals surface area contributed by atoms with E-state index < -0.39 is 11.7 Å². The Morgan fingerprint density at radius 2 is 1.81 bits per heavy atom. The lowest BCUT2D eigenvalue weighted by atomic mass is 10.0. The van der Waals surface area contributed by atoms with Crippen LogP contribution in [0.3, 0.4) is 0 Å². The van der Waals surface area contributed by atoms with Gasteiger partial charge in [0.25, 0.3) is 11.8 Å². The maximum Gasteiger partial charge on any atom is 0.257 e. The lowest BCUT2D eigenvalue weighted by Gasteiger charge is -2.36. The van der Waals surface area contributed by atoms with Crippen LogP contribution in [0.5, 0.6) is 5.75 Å². The van der Waals surface area contributed by atoms with E-state index >= 15 is 0 Å². The molecule has 2 aromatic rings. The van der Waals surface area contributed by atoms with E-state index in [0.29, 0.717) is 24.3 Å². The fourth-order valence-electron chi connectivity index (χ4n) is 4.21. The molecule has 37 heavy (non-hydrogen) atoms. The van der Waals surface area contributed by atoms with E-state index in [0.717, 1.165) is 0 Å². The molecule has 3 atom stereocenters. The second-order valence-electron chi connectivity index (χ2n) is 9.25. The first kappa shape index (κ1) is 28.1. The summed E-state index contributed by atoms with van der Waals surface area (Å²) in [5.74, 6) is -1.11. The number of nitrogens with zero attached hydrogens (tertiary/aromatic N) is 2. The second-order valence-corrected chi connectivity index (χ2v) is 9.25. The van der Waals surface area contributed by atoms with Crippen LogP contribution >= 0.6 is 0 Å². The normalized spacial score (nSPS) is 20.8. The maximum absolute atomic E-state index is 13.3. The van der Waals surface area contributed by atoms with Gasteiger partial charge in [-0.2, -0.15) is 0 Å². The molecule has 200 valence electrons. The van der Waals surface area contributed by atoms with Gasteiger partial charge in [0.15, 0.2) is 0 Å². The average molecular weight is 516 g/mol. The van der Waals surface area contributed by atoms with Crippen LogP contribution in [0.2, 0.25) is 0 Å². The first-order valence-electron chi connectivity index (χ1n) is 12.0. The van der Waals surface area contributed by atoms with Gasteiger partial charge < -0.3 is 29.3 Å². The van der Waals surface area contributed by atoms with Crippen molar-refractivity contribution < 1.29 is 33.0 Å². The molecule has 0 fully saturated rings. The Hall–Kier alpha value is -3.50. The van der Waals surface area contributed by atoms with Gasteiger partial charge >= 0.3 is 0 Å². The number of methoxy groups -OCH3 is 2. The molecule has 1 aliphatic heterocycles. The topological polar surface area (TPSA) is 97.4 Å². The highest BCUT2D eigenvalue weighted by molar-refractivity contribution is 6.05. The van der Waals surface area contributed by atoms with Crippen molar-refractivity contribution >= 4 is 23.4 Å². The fraction of sp³-hybridized carbons (Fsp3) is 0.444. The minimum Gasteiger partial charge on any atom is -0.491 e.